The Bertz CT molecular complexity index is 506. The standard InChI is InChI=1S/C11H15N5.ClH/c1-8-7-9(2)16(14-8)11-12-6-5-10(13-11)15(3)4;/h5-7H,1-4H3;1H. The molecular weight excluding hydrogens is 238 g/mol. The van der Waals surface area contributed by atoms with E-state index in [1.807, 2.05) is 45.0 Å². The van der Waals surface area contributed by atoms with Gasteiger partial charge in [-0.05, 0) is 26.0 Å². The predicted molar refractivity (Wildman–Crippen MR) is 70.2 cm³/mol. The highest BCUT2D eigenvalue weighted by Gasteiger charge is 2.07. The average Bonchev–Trinajstić information content (AvgIpc) is 2.58. The maximum atomic E-state index is 4.43. The van der Waals surface area contributed by atoms with Gasteiger partial charge in [0, 0.05) is 26.0 Å². The number of halogens is 1. The van der Waals surface area contributed by atoms with Gasteiger partial charge >= 0.3 is 0 Å². The zero-order chi connectivity index (χ0) is 11.7. The third kappa shape index (κ3) is 2.74. The first-order chi connectivity index (χ1) is 7.58. The van der Waals surface area contributed by atoms with Gasteiger partial charge in [0.15, 0.2) is 0 Å². The molecule has 0 unspecified atom stereocenters. The van der Waals surface area contributed by atoms with E-state index in [0.717, 1.165) is 17.2 Å². The number of anilines is 1. The molecule has 6 heteroatoms. The molecular formula is C11H16ClN5. The summed E-state index contributed by atoms with van der Waals surface area (Å²) >= 11 is 0. The van der Waals surface area contributed by atoms with E-state index in [1.54, 1.807) is 10.9 Å². The van der Waals surface area contributed by atoms with Crippen LogP contribution in [-0.4, -0.2) is 33.8 Å². The Hall–Kier alpha value is -1.62. The quantitative estimate of drug-likeness (QED) is 0.818. The first-order valence-electron chi connectivity index (χ1n) is 5.12. The minimum atomic E-state index is 0. The minimum absolute atomic E-state index is 0. The van der Waals surface area contributed by atoms with Gasteiger partial charge in [0.05, 0.1) is 5.69 Å². The molecule has 0 aliphatic rings. The molecule has 0 spiro atoms. The summed E-state index contributed by atoms with van der Waals surface area (Å²) in [4.78, 5) is 10.6. The van der Waals surface area contributed by atoms with Crippen LogP contribution >= 0.6 is 12.4 Å². The first-order valence-corrected chi connectivity index (χ1v) is 5.12. The summed E-state index contributed by atoms with van der Waals surface area (Å²) in [5.74, 6) is 1.48. The summed E-state index contributed by atoms with van der Waals surface area (Å²) in [6, 6.07) is 3.88. The molecule has 0 radical (unpaired) electrons. The molecule has 0 N–H and O–H groups in total. The van der Waals surface area contributed by atoms with Gasteiger partial charge in [0.2, 0.25) is 0 Å². The van der Waals surface area contributed by atoms with Gasteiger partial charge in [-0.1, -0.05) is 0 Å². The third-order valence-corrected chi connectivity index (χ3v) is 2.29. The Labute approximate surface area is 107 Å². The summed E-state index contributed by atoms with van der Waals surface area (Å²) < 4.78 is 1.75. The largest absolute Gasteiger partial charge is 0.363 e. The van der Waals surface area contributed by atoms with E-state index in [9.17, 15) is 0 Å². The van der Waals surface area contributed by atoms with Crippen LogP contribution in [0.15, 0.2) is 18.3 Å². The Kier molecular flexibility index (Phi) is 4.07. The monoisotopic (exact) mass is 253 g/mol. The first kappa shape index (κ1) is 13.4. The normalized spacial score (nSPS) is 9.88. The molecule has 0 aliphatic carbocycles. The van der Waals surface area contributed by atoms with Gasteiger partial charge in [0.25, 0.3) is 5.95 Å². The van der Waals surface area contributed by atoms with Crippen molar-refractivity contribution < 1.29 is 0 Å². The summed E-state index contributed by atoms with van der Waals surface area (Å²) in [6.45, 7) is 3.95. The van der Waals surface area contributed by atoms with Crippen LogP contribution in [0.3, 0.4) is 0 Å². The maximum absolute atomic E-state index is 4.43. The number of hydrogen-bond acceptors (Lipinski definition) is 4. The molecule has 2 heterocycles. The molecule has 5 nitrogen and oxygen atoms in total. The summed E-state index contributed by atoms with van der Waals surface area (Å²) in [6.07, 6.45) is 1.74. The third-order valence-electron chi connectivity index (χ3n) is 2.29. The van der Waals surface area contributed by atoms with Crippen LogP contribution in [0, 0.1) is 13.8 Å². The van der Waals surface area contributed by atoms with Gasteiger partial charge in [-0.2, -0.15) is 10.1 Å². The summed E-state index contributed by atoms with van der Waals surface area (Å²) in [5.41, 5.74) is 2.00. The van der Waals surface area contributed by atoms with Crippen molar-refractivity contribution in [1.82, 2.24) is 19.7 Å². The van der Waals surface area contributed by atoms with Crippen molar-refractivity contribution in [2.24, 2.45) is 0 Å². The average molecular weight is 254 g/mol. The summed E-state index contributed by atoms with van der Waals surface area (Å²) in [7, 11) is 3.90. The van der Waals surface area contributed by atoms with E-state index < -0.39 is 0 Å². The zero-order valence-corrected chi connectivity index (χ0v) is 11.2. The smallest absolute Gasteiger partial charge is 0.252 e. The minimum Gasteiger partial charge on any atom is -0.363 e. The lowest BCUT2D eigenvalue weighted by molar-refractivity contribution is 0.771. The van der Waals surface area contributed by atoms with E-state index in [1.165, 1.54) is 0 Å². The topological polar surface area (TPSA) is 46.8 Å². The molecule has 0 aromatic carbocycles. The lowest BCUT2D eigenvalue weighted by Gasteiger charge is -2.11. The Morgan fingerprint density at radius 1 is 1.24 bits per heavy atom. The fourth-order valence-electron chi connectivity index (χ4n) is 1.52. The van der Waals surface area contributed by atoms with Crippen molar-refractivity contribution in [3.8, 4) is 5.95 Å². The maximum Gasteiger partial charge on any atom is 0.252 e. The van der Waals surface area contributed by atoms with Gasteiger partial charge in [-0.25, -0.2) is 9.67 Å². The second-order valence-corrected chi connectivity index (χ2v) is 3.95. The zero-order valence-electron chi connectivity index (χ0n) is 10.4. The molecule has 0 bridgehead atoms. The fraction of sp³-hybridized carbons (Fsp3) is 0.364. The number of aromatic nitrogens is 4. The highest BCUT2D eigenvalue weighted by molar-refractivity contribution is 5.85. The van der Waals surface area contributed by atoms with Gasteiger partial charge in [-0.3, -0.25) is 0 Å². The SMILES string of the molecule is Cc1cc(C)n(-c2nccc(N(C)C)n2)n1.Cl. The molecule has 17 heavy (non-hydrogen) atoms. The van der Waals surface area contributed by atoms with Crippen LogP contribution in [0.5, 0.6) is 0 Å². The van der Waals surface area contributed by atoms with Crippen molar-refractivity contribution in [3.05, 3.63) is 29.7 Å². The molecule has 0 saturated heterocycles. The molecule has 2 aromatic heterocycles. The Morgan fingerprint density at radius 2 is 1.94 bits per heavy atom. The second-order valence-electron chi connectivity index (χ2n) is 3.95. The Morgan fingerprint density at radius 3 is 2.47 bits per heavy atom. The van der Waals surface area contributed by atoms with Crippen LogP contribution in [0.1, 0.15) is 11.4 Å². The number of rotatable bonds is 2. The molecule has 92 valence electrons. The van der Waals surface area contributed by atoms with Crippen molar-refractivity contribution in [2.45, 2.75) is 13.8 Å². The summed E-state index contributed by atoms with van der Waals surface area (Å²) in [5, 5.41) is 4.35. The fourth-order valence-corrected chi connectivity index (χ4v) is 1.52. The van der Waals surface area contributed by atoms with E-state index in [4.69, 9.17) is 0 Å². The van der Waals surface area contributed by atoms with Crippen molar-refractivity contribution in [2.75, 3.05) is 19.0 Å². The van der Waals surface area contributed by atoms with Gasteiger partial charge in [-0.15, -0.1) is 12.4 Å². The van der Waals surface area contributed by atoms with E-state index in [0.29, 0.717) is 5.95 Å². The van der Waals surface area contributed by atoms with Crippen LogP contribution in [0.25, 0.3) is 5.95 Å². The van der Waals surface area contributed by atoms with Crippen LogP contribution in [0.2, 0.25) is 0 Å². The molecule has 0 fully saturated rings. The molecule has 2 rings (SSSR count). The predicted octanol–water partition coefficient (Wildman–Crippen LogP) is 1.77. The molecule has 2 aromatic rings. The van der Waals surface area contributed by atoms with Crippen LogP contribution in [-0.2, 0) is 0 Å². The molecule has 0 atom stereocenters. The van der Waals surface area contributed by atoms with E-state index >= 15 is 0 Å². The highest BCUT2D eigenvalue weighted by Crippen LogP contribution is 2.11. The van der Waals surface area contributed by atoms with Crippen molar-refractivity contribution in [1.29, 1.82) is 0 Å². The van der Waals surface area contributed by atoms with Crippen LogP contribution < -0.4 is 4.90 Å². The van der Waals surface area contributed by atoms with Gasteiger partial charge in [0.1, 0.15) is 5.82 Å². The highest BCUT2D eigenvalue weighted by atomic mass is 35.5. The Balaban J connectivity index is 0.00000144. The number of hydrogen-bond donors (Lipinski definition) is 0. The lowest BCUT2D eigenvalue weighted by Crippen LogP contribution is -2.13. The van der Waals surface area contributed by atoms with Crippen molar-refractivity contribution in [3.63, 3.8) is 0 Å². The molecule has 0 aliphatic heterocycles. The van der Waals surface area contributed by atoms with E-state index in [2.05, 4.69) is 15.1 Å². The number of nitrogens with zero attached hydrogens (tertiary/aromatic N) is 5. The molecule has 0 amide bonds. The van der Waals surface area contributed by atoms with Crippen LogP contribution in [0.4, 0.5) is 5.82 Å². The van der Waals surface area contributed by atoms with E-state index in [-0.39, 0.29) is 12.4 Å². The van der Waals surface area contributed by atoms with Crippen molar-refractivity contribution >= 4 is 18.2 Å². The molecule has 0 saturated carbocycles. The van der Waals surface area contributed by atoms with Gasteiger partial charge < -0.3 is 4.90 Å². The lowest BCUT2D eigenvalue weighted by atomic mass is 10.4. The number of aryl methyl sites for hydroxylation is 2. The second kappa shape index (κ2) is 5.14.